The number of rotatable bonds is 4. The molecule has 0 aromatic heterocycles. The van der Waals surface area contributed by atoms with Gasteiger partial charge < -0.3 is 10.6 Å². The quantitative estimate of drug-likeness (QED) is 0.787. The van der Waals surface area contributed by atoms with Gasteiger partial charge in [0.15, 0.2) is 0 Å². The highest BCUT2D eigenvalue weighted by Gasteiger charge is 2.31. The zero-order chi connectivity index (χ0) is 14.5. The maximum atomic E-state index is 6.42. The molecule has 2 aliphatic carbocycles. The second-order valence-electron chi connectivity index (χ2n) is 7.83. The summed E-state index contributed by atoms with van der Waals surface area (Å²) in [5.41, 5.74) is 6.42. The first-order valence-electron chi connectivity index (χ1n) is 9.03. The summed E-state index contributed by atoms with van der Waals surface area (Å²) in [6, 6.07) is 1.27. The summed E-state index contributed by atoms with van der Waals surface area (Å²) >= 11 is 0. The van der Waals surface area contributed by atoms with Crippen molar-refractivity contribution in [1.82, 2.24) is 4.90 Å². The van der Waals surface area contributed by atoms with E-state index in [-0.39, 0.29) is 0 Å². The van der Waals surface area contributed by atoms with Crippen LogP contribution in [0.3, 0.4) is 0 Å². The third-order valence-electron chi connectivity index (χ3n) is 6.00. The van der Waals surface area contributed by atoms with Crippen LogP contribution in [0.2, 0.25) is 0 Å². The first-order valence-corrected chi connectivity index (χ1v) is 9.03. The average molecular weight is 280 g/mol. The molecule has 3 unspecified atom stereocenters. The van der Waals surface area contributed by atoms with Crippen LogP contribution >= 0.6 is 0 Å². The smallest absolute Gasteiger partial charge is 0.00923 e. The van der Waals surface area contributed by atoms with Crippen LogP contribution < -0.4 is 5.73 Å². The van der Waals surface area contributed by atoms with E-state index < -0.39 is 0 Å². The summed E-state index contributed by atoms with van der Waals surface area (Å²) in [6.45, 7) is 6.00. The predicted molar refractivity (Wildman–Crippen MR) is 87.8 cm³/mol. The normalized spacial score (nSPS) is 33.6. The van der Waals surface area contributed by atoms with Gasteiger partial charge in [-0.2, -0.15) is 0 Å². The Balaban J connectivity index is 1.86. The van der Waals surface area contributed by atoms with Gasteiger partial charge in [-0.05, 0) is 56.9 Å². The number of hydrogen-bond donors (Lipinski definition) is 1. The highest BCUT2D eigenvalue weighted by atomic mass is 15.1. The second kappa shape index (κ2) is 7.79. The molecule has 2 nitrogen and oxygen atoms in total. The van der Waals surface area contributed by atoms with Crippen LogP contribution in [0.1, 0.15) is 71.6 Å². The lowest BCUT2D eigenvalue weighted by molar-refractivity contribution is 0.122. The van der Waals surface area contributed by atoms with Crippen LogP contribution in [0.5, 0.6) is 0 Å². The van der Waals surface area contributed by atoms with Crippen molar-refractivity contribution in [2.45, 2.75) is 83.7 Å². The molecule has 2 N–H and O–H groups in total. The van der Waals surface area contributed by atoms with E-state index >= 15 is 0 Å². The molecule has 0 radical (unpaired) electrons. The van der Waals surface area contributed by atoms with E-state index in [2.05, 4.69) is 25.8 Å². The molecule has 0 heterocycles. The van der Waals surface area contributed by atoms with Crippen molar-refractivity contribution < 1.29 is 0 Å². The molecule has 118 valence electrons. The minimum atomic E-state index is 0.443. The van der Waals surface area contributed by atoms with Crippen molar-refractivity contribution in [2.24, 2.45) is 23.5 Å². The SMILES string of the molecule is CC(C)C1CCC(N)C(CN(C)C2CCCCCC2)C1. The van der Waals surface area contributed by atoms with Crippen molar-refractivity contribution in [2.75, 3.05) is 13.6 Å². The Kier molecular flexibility index (Phi) is 6.35. The topological polar surface area (TPSA) is 29.3 Å². The van der Waals surface area contributed by atoms with Gasteiger partial charge in [-0.15, -0.1) is 0 Å². The summed E-state index contributed by atoms with van der Waals surface area (Å²) in [7, 11) is 2.35. The largest absolute Gasteiger partial charge is 0.327 e. The molecule has 2 heteroatoms. The molecule has 2 aliphatic rings. The van der Waals surface area contributed by atoms with E-state index in [0.717, 1.165) is 23.8 Å². The molecule has 3 atom stereocenters. The molecule has 0 aromatic rings. The van der Waals surface area contributed by atoms with Crippen molar-refractivity contribution in [3.8, 4) is 0 Å². The van der Waals surface area contributed by atoms with Gasteiger partial charge in [0.25, 0.3) is 0 Å². The molecule has 0 amide bonds. The minimum Gasteiger partial charge on any atom is -0.327 e. The number of nitrogens with two attached hydrogens (primary N) is 1. The van der Waals surface area contributed by atoms with Crippen molar-refractivity contribution in [1.29, 1.82) is 0 Å². The highest BCUT2D eigenvalue weighted by Crippen LogP contribution is 2.34. The molecule has 0 aliphatic heterocycles. The number of hydrogen-bond acceptors (Lipinski definition) is 2. The van der Waals surface area contributed by atoms with E-state index in [0.29, 0.717) is 6.04 Å². The standard InChI is InChI=1S/C18H36N2/c1-14(2)15-10-11-18(19)16(12-15)13-20(3)17-8-6-4-5-7-9-17/h14-18H,4-13,19H2,1-3H3. The van der Waals surface area contributed by atoms with E-state index in [4.69, 9.17) is 5.73 Å². The van der Waals surface area contributed by atoms with Crippen LogP contribution in [-0.4, -0.2) is 30.6 Å². The number of nitrogens with zero attached hydrogens (tertiary/aromatic N) is 1. The van der Waals surface area contributed by atoms with Crippen LogP contribution in [0.15, 0.2) is 0 Å². The van der Waals surface area contributed by atoms with E-state index in [1.807, 2.05) is 0 Å². The first kappa shape index (κ1) is 16.3. The molecule has 2 fully saturated rings. The van der Waals surface area contributed by atoms with Gasteiger partial charge in [-0.3, -0.25) is 0 Å². The van der Waals surface area contributed by atoms with Gasteiger partial charge in [-0.25, -0.2) is 0 Å². The first-order chi connectivity index (χ1) is 9.58. The molecule has 0 bridgehead atoms. The molecule has 20 heavy (non-hydrogen) atoms. The summed E-state index contributed by atoms with van der Waals surface area (Å²) in [6.07, 6.45) is 12.5. The minimum absolute atomic E-state index is 0.443. The summed E-state index contributed by atoms with van der Waals surface area (Å²) < 4.78 is 0. The van der Waals surface area contributed by atoms with E-state index in [1.54, 1.807) is 0 Å². The zero-order valence-electron chi connectivity index (χ0n) is 14.0. The fourth-order valence-electron chi connectivity index (χ4n) is 4.36. The summed E-state index contributed by atoms with van der Waals surface area (Å²) in [5.74, 6) is 2.46. The third-order valence-corrected chi connectivity index (χ3v) is 6.00. The Labute approximate surface area is 126 Å². The van der Waals surface area contributed by atoms with Crippen LogP contribution in [0.4, 0.5) is 0 Å². The summed E-state index contributed by atoms with van der Waals surface area (Å²) in [5, 5.41) is 0. The zero-order valence-corrected chi connectivity index (χ0v) is 14.0. The Morgan fingerprint density at radius 3 is 2.25 bits per heavy atom. The van der Waals surface area contributed by atoms with Gasteiger partial charge in [0.2, 0.25) is 0 Å². The van der Waals surface area contributed by atoms with Crippen LogP contribution in [0, 0.1) is 17.8 Å². The average Bonchev–Trinajstić information content (AvgIpc) is 2.70. The fourth-order valence-corrected chi connectivity index (χ4v) is 4.36. The van der Waals surface area contributed by atoms with Gasteiger partial charge in [-0.1, -0.05) is 39.5 Å². The molecule has 2 rings (SSSR count). The van der Waals surface area contributed by atoms with Gasteiger partial charge in [0.05, 0.1) is 0 Å². The molecular weight excluding hydrogens is 244 g/mol. The Morgan fingerprint density at radius 2 is 1.65 bits per heavy atom. The third kappa shape index (κ3) is 4.46. The van der Waals surface area contributed by atoms with Crippen molar-refractivity contribution in [3.05, 3.63) is 0 Å². The van der Waals surface area contributed by atoms with Gasteiger partial charge >= 0.3 is 0 Å². The van der Waals surface area contributed by atoms with Gasteiger partial charge in [0, 0.05) is 18.6 Å². The lowest BCUT2D eigenvalue weighted by Crippen LogP contribution is -2.45. The summed E-state index contributed by atoms with van der Waals surface area (Å²) in [4.78, 5) is 2.65. The molecule has 0 spiro atoms. The lowest BCUT2D eigenvalue weighted by Gasteiger charge is -2.39. The second-order valence-corrected chi connectivity index (χ2v) is 7.83. The van der Waals surface area contributed by atoms with Crippen molar-refractivity contribution >= 4 is 0 Å². The van der Waals surface area contributed by atoms with Crippen molar-refractivity contribution in [3.63, 3.8) is 0 Å². The predicted octanol–water partition coefficient (Wildman–Crippen LogP) is 4.04. The Hall–Kier alpha value is -0.0800. The van der Waals surface area contributed by atoms with Crippen LogP contribution in [0.25, 0.3) is 0 Å². The Morgan fingerprint density at radius 1 is 1.00 bits per heavy atom. The molecule has 2 saturated carbocycles. The maximum absolute atomic E-state index is 6.42. The monoisotopic (exact) mass is 280 g/mol. The Bertz CT molecular complexity index is 269. The maximum Gasteiger partial charge on any atom is 0.00923 e. The van der Waals surface area contributed by atoms with E-state index in [1.165, 1.54) is 64.3 Å². The molecule has 0 aromatic carbocycles. The highest BCUT2D eigenvalue weighted by molar-refractivity contribution is 4.86. The molecular formula is C18H36N2. The van der Waals surface area contributed by atoms with Gasteiger partial charge in [0.1, 0.15) is 0 Å². The molecule has 0 saturated heterocycles. The van der Waals surface area contributed by atoms with E-state index in [9.17, 15) is 0 Å². The lowest BCUT2D eigenvalue weighted by atomic mass is 9.73. The van der Waals surface area contributed by atoms with Crippen LogP contribution in [-0.2, 0) is 0 Å². The fraction of sp³-hybridized carbons (Fsp3) is 1.00.